The lowest BCUT2D eigenvalue weighted by Gasteiger charge is -2.14. The van der Waals surface area contributed by atoms with Crippen molar-refractivity contribution in [1.82, 2.24) is 0 Å². The normalized spacial score (nSPS) is 11.8. The summed E-state index contributed by atoms with van der Waals surface area (Å²) in [6.07, 6.45) is 0.549. The summed E-state index contributed by atoms with van der Waals surface area (Å²) in [7, 11) is -5.53. The van der Waals surface area contributed by atoms with E-state index in [9.17, 15) is 26.0 Å². The second-order valence-electron chi connectivity index (χ2n) is 5.62. The molecule has 0 aliphatic rings. The van der Waals surface area contributed by atoms with Crippen LogP contribution in [0, 0.1) is 23.3 Å². The molecule has 0 atom stereocenters. The Morgan fingerprint density at radius 2 is 1.48 bits per heavy atom. The van der Waals surface area contributed by atoms with E-state index in [0.717, 1.165) is 5.56 Å². The van der Waals surface area contributed by atoms with Gasteiger partial charge < -0.3 is 4.74 Å². The van der Waals surface area contributed by atoms with Crippen molar-refractivity contribution in [1.29, 1.82) is 0 Å². The Bertz CT molecular complexity index is 1130. The van der Waals surface area contributed by atoms with Crippen LogP contribution in [0.5, 0.6) is 11.5 Å². The fourth-order valence-corrected chi connectivity index (χ4v) is 3.41. The fourth-order valence-electron chi connectivity index (χ4n) is 2.78. The summed E-state index contributed by atoms with van der Waals surface area (Å²) in [6.45, 7) is 1.84. The van der Waals surface area contributed by atoms with Crippen LogP contribution >= 0.6 is 0 Å². The Morgan fingerprint density at radius 1 is 0.926 bits per heavy atom. The summed E-state index contributed by atoms with van der Waals surface area (Å²) < 4.78 is 92.3. The van der Waals surface area contributed by atoms with Crippen molar-refractivity contribution in [3.63, 3.8) is 0 Å². The molecule has 0 spiro atoms. The van der Waals surface area contributed by atoms with Gasteiger partial charge in [-0.15, -0.1) is 0 Å². The number of hydrogen-bond acceptors (Lipinski definition) is 3. The number of fused-ring (bicyclic) bond motifs is 1. The van der Waals surface area contributed by atoms with Crippen molar-refractivity contribution >= 4 is 20.9 Å². The SMILES string of the molecule is CCc1cccc2cccc(Oc3c(F)c(F)c(S(=O)(=O)O)c(F)c3F)c12. The van der Waals surface area contributed by atoms with E-state index in [1.54, 1.807) is 24.3 Å². The van der Waals surface area contributed by atoms with Gasteiger partial charge in [-0.25, -0.2) is 8.78 Å². The van der Waals surface area contributed by atoms with Crippen molar-refractivity contribution in [3.8, 4) is 11.5 Å². The minimum Gasteiger partial charge on any atom is -0.450 e. The van der Waals surface area contributed by atoms with Crippen molar-refractivity contribution in [2.45, 2.75) is 18.2 Å². The van der Waals surface area contributed by atoms with Gasteiger partial charge in [-0.05, 0) is 23.4 Å². The van der Waals surface area contributed by atoms with E-state index in [4.69, 9.17) is 9.29 Å². The van der Waals surface area contributed by atoms with Crippen molar-refractivity contribution in [2.75, 3.05) is 0 Å². The van der Waals surface area contributed by atoms with Crippen LogP contribution in [0.1, 0.15) is 12.5 Å². The summed E-state index contributed by atoms with van der Waals surface area (Å²) in [5, 5.41) is 1.16. The molecule has 3 aromatic rings. The highest BCUT2D eigenvalue weighted by Gasteiger charge is 2.33. The van der Waals surface area contributed by atoms with Crippen molar-refractivity contribution in [2.24, 2.45) is 0 Å². The summed E-state index contributed by atoms with van der Waals surface area (Å²) in [5.41, 5.74) is 0.763. The highest BCUT2D eigenvalue weighted by atomic mass is 32.2. The molecule has 3 rings (SSSR count). The average Bonchev–Trinajstić information content (AvgIpc) is 2.62. The lowest BCUT2D eigenvalue weighted by atomic mass is 10.0. The van der Waals surface area contributed by atoms with Gasteiger partial charge in [0.15, 0.2) is 16.5 Å². The van der Waals surface area contributed by atoms with Crippen molar-refractivity contribution < 1.29 is 35.3 Å². The monoisotopic (exact) mass is 400 g/mol. The number of hydrogen-bond donors (Lipinski definition) is 1. The molecule has 9 heteroatoms. The van der Waals surface area contributed by atoms with Gasteiger partial charge in [0.2, 0.25) is 17.4 Å². The van der Waals surface area contributed by atoms with Crippen LogP contribution in [0.15, 0.2) is 41.3 Å². The number of halogens is 4. The van der Waals surface area contributed by atoms with Gasteiger partial charge in [-0.2, -0.15) is 17.2 Å². The summed E-state index contributed by atoms with van der Waals surface area (Å²) >= 11 is 0. The van der Waals surface area contributed by atoms with E-state index in [1.807, 2.05) is 6.92 Å². The van der Waals surface area contributed by atoms with Crippen LogP contribution in [0.3, 0.4) is 0 Å². The van der Waals surface area contributed by atoms with Gasteiger partial charge in [0.1, 0.15) is 5.75 Å². The number of rotatable bonds is 4. The van der Waals surface area contributed by atoms with Crippen LogP contribution in [0.4, 0.5) is 17.6 Å². The molecule has 0 aliphatic carbocycles. The van der Waals surface area contributed by atoms with E-state index in [0.29, 0.717) is 17.2 Å². The van der Waals surface area contributed by atoms with Gasteiger partial charge in [0, 0.05) is 5.39 Å². The van der Waals surface area contributed by atoms with Gasteiger partial charge in [0.05, 0.1) is 0 Å². The zero-order chi connectivity index (χ0) is 19.9. The molecule has 0 heterocycles. The molecule has 3 aromatic carbocycles. The maximum atomic E-state index is 14.2. The topological polar surface area (TPSA) is 63.6 Å². The Hall–Kier alpha value is -2.65. The first-order valence-corrected chi connectivity index (χ1v) is 9.12. The predicted molar refractivity (Wildman–Crippen MR) is 89.5 cm³/mol. The molecule has 0 unspecified atom stereocenters. The van der Waals surface area contributed by atoms with Crippen LogP contribution in [0.2, 0.25) is 0 Å². The maximum absolute atomic E-state index is 14.2. The minimum absolute atomic E-state index is 0.0684. The van der Waals surface area contributed by atoms with Gasteiger partial charge >= 0.3 is 10.1 Å². The Morgan fingerprint density at radius 3 is 2.00 bits per heavy atom. The molecule has 0 saturated heterocycles. The van der Waals surface area contributed by atoms with E-state index in [2.05, 4.69) is 0 Å². The molecule has 142 valence electrons. The van der Waals surface area contributed by atoms with Crippen LogP contribution in [-0.2, 0) is 16.5 Å². The minimum atomic E-state index is -5.53. The Kier molecular flexibility index (Phi) is 4.83. The molecule has 0 fully saturated rings. The number of ether oxygens (including phenoxy) is 1. The van der Waals surface area contributed by atoms with Gasteiger partial charge in [0.25, 0.3) is 0 Å². The second-order valence-corrected chi connectivity index (χ2v) is 6.97. The first kappa shape index (κ1) is 19.1. The molecular weight excluding hydrogens is 388 g/mol. The molecule has 0 amide bonds. The molecule has 0 aromatic heterocycles. The first-order valence-electron chi connectivity index (χ1n) is 7.68. The largest absolute Gasteiger partial charge is 0.450 e. The zero-order valence-corrected chi connectivity index (χ0v) is 14.6. The van der Waals surface area contributed by atoms with E-state index in [1.165, 1.54) is 12.1 Å². The molecular formula is C18H12F4O4S. The van der Waals surface area contributed by atoms with E-state index >= 15 is 0 Å². The summed E-state index contributed by atoms with van der Waals surface area (Å²) in [4.78, 5) is -2.11. The zero-order valence-electron chi connectivity index (χ0n) is 13.8. The first-order chi connectivity index (χ1) is 12.7. The quantitative estimate of drug-likeness (QED) is 0.380. The average molecular weight is 400 g/mol. The maximum Gasteiger partial charge on any atom is 0.300 e. The summed E-state index contributed by atoms with van der Waals surface area (Å²) in [5.74, 6) is -10.2. The predicted octanol–water partition coefficient (Wildman–Crippen LogP) is 5.00. The molecule has 0 radical (unpaired) electrons. The standard InChI is InChI=1S/C18H12F4O4S/c1-2-9-5-3-6-10-7-4-8-11(12(9)10)26-17-13(19)15(21)18(27(23,24)25)16(22)14(17)20/h3-8H,2H2,1H3,(H,23,24,25). The highest BCUT2D eigenvalue weighted by Crippen LogP contribution is 2.38. The molecule has 4 nitrogen and oxygen atoms in total. The van der Waals surface area contributed by atoms with Gasteiger partial charge in [-0.3, -0.25) is 4.55 Å². The second kappa shape index (κ2) is 6.82. The molecule has 0 bridgehead atoms. The number of benzene rings is 3. The third-order valence-corrected chi connectivity index (χ3v) is 4.86. The highest BCUT2D eigenvalue weighted by molar-refractivity contribution is 7.85. The number of aryl methyl sites for hydroxylation is 1. The molecule has 27 heavy (non-hydrogen) atoms. The van der Waals surface area contributed by atoms with Gasteiger partial charge in [-0.1, -0.05) is 37.3 Å². The lowest BCUT2D eigenvalue weighted by Crippen LogP contribution is -2.11. The van der Waals surface area contributed by atoms with Crippen LogP contribution in [0.25, 0.3) is 10.8 Å². The van der Waals surface area contributed by atoms with Crippen LogP contribution in [-0.4, -0.2) is 13.0 Å². The van der Waals surface area contributed by atoms with E-state index < -0.39 is 44.0 Å². The fraction of sp³-hybridized carbons (Fsp3) is 0.111. The summed E-state index contributed by atoms with van der Waals surface area (Å²) in [6, 6.07) is 9.84. The molecule has 0 saturated carbocycles. The molecule has 1 N–H and O–H groups in total. The van der Waals surface area contributed by atoms with Crippen LogP contribution < -0.4 is 4.74 Å². The van der Waals surface area contributed by atoms with E-state index in [-0.39, 0.29) is 5.75 Å². The molecule has 0 aliphatic heterocycles. The Balaban J connectivity index is 2.26. The smallest absolute Gasteiger partial charge is 0.300 e. The lowest BCUT2D eigenvalue weighted by molar-refractivity contribution is 0.348. The Labute approximate surface area is 151 Å². The third-order valence-electron chi connectivity index (χ3n) is 3.99. The van der Waals surface area contributed by atoms with Crippen molar-refractivity contribution in [3.05, 3.63) is 65.2 Å². The third kappa shape index (κ3) is 3.24.